The number of rotatable bonds is 7. The molecule has 9 heteroatoms. The molecule has 0 aromatic carbocycles. The summed E-state index contributed by atoms with van der Waals surface area (Å²) < 4.78 is 8.86. The van der Waals surface area contributed by atoms with Gasteiger partial charge in [-0.05, 0) is 160 Å². The number of fused-ring (bicyclic) bond motifs is 7. The molecule has 0 bridgehead atoms. The van der Waals surface area contributed by atoms with E-state index < -0.39 is 17.3 Å². The average Bonchev–Trinajstić information content (AvgIpc) is 3.58. The second-order valence-corrected chi connectivity index (χ2v) is 24.6. The van der Waals surface area contributed by atoms with Crippen LogP contribution in [0.15, 0.2) is 0 Å². The Hall–Kier alpha value is -2.45. The topological polar surface area (TPSA) is 115 Å². The van der Waals surface area contributed by atoms with E-state index in [4.69, 9.17) is 4.74 Å². The van der Waals surface area contributed by atoms with Crippen molar-refractivity contribution in [2.24, 2.45) is 79.3 Å². The number of carbonyl (C=O) groups is 3. The van der Waals surface area contributed by atoms with Crippen LogP contribution in [0.25, 0.3) is 0 Å². The Balaban J connectivity index is 0.950. The highest BCUT2D eigenvalue weighted by Crippen LogP contribution is 2.79. The number of aliphatic carboxylic acids is 1. The average molecular weight is 815 g/mol. The molecule has 9 rings (SSSR count). The van der Waals surface area contributed by atoms with Gasteiger partial charge in [-0.15, -0.1) is 10.2 Å². The maximum atomic E-state index is 15.4. The number of ether oxygens (including phenoxy) is 1. The fraction of sp³-hybridized carbons (Fsp3) is 0.900. The summed E-state index contributed by atoms with van der Waals surface area (Å²) in [6.45, 7) is 27.3. The molecule has 1 aromatic rings. The highest BCUT2D eigenvalue weighted by atomic mass is 16.5. The van der Waals surface area contributed by atoms with Gasteiger partial charge in [0.1, 0.15) is 17.8 Å². The van der Waals surface area contributed by atoms with Crippen LogP contribution in [-0.2, 0) is 19.1 Å². The molecule has 2 heterocycles. The van der Waals surface area contributed by atoms with Crippen LogP contribution < -0.4 is 0 Å². The van der Waals surface area contributed by atoms with Gasteiger partial charge in [0, 0.05) is 30.5 Å². The normalized spacial score (nSPS) is 44.4. The number of hydrogen-bond acceptors (Lipinski definition) is 6. The van der Waals surface area contributed by atoms with E-state index in [1.807, 2.05) is 13.8 Å². The minimum absolute atomic E-state index is 0.146. The van der Waals surface area contributed by atoms with Crippen LogP contribution in [0, 0.1) is 86.3 Å². The van der Waals surface area contributed by atoms with Crippen molar-refractivity contribution in [3.63, 3.8) is 0 Å². The first-order valence-electron chi connectivity index (χ1n) is 24.2. The molecule has 1 saturated heterocycles. The van der Waals surface area contributed by atoms with Gasteiger partial charge in [0.15, 0.2) is 0 Å². The van der Waals surface area contributed by atoms with Crippen molar-refractivity contribution in [3.05, 3.63) is 11.6 Å². The van der Waals surface area contributed by atoms with Crippen molar-refractivity contribution < 1.29 is 24.2 Å². The highest BCUT2D eigenvalue weighted by molar-refractivity contribution is 5.84. The number of carboxylic acids is 1. The quantitative estimate of drug-likeness (QED) is 0.273. The van der Waals surface area contributed by atoms with E-state index in [9.17, 15) is 14.7 Å². The molecule has 8 aliphatic rings. The molecule has 1 unspecified atom stereocenters. The SMILES string of the molecule is Cc1nnc(C(C)C)n1C1CCN(C(=O)[C@]23CCC(C4(C)CC4)[C@@H]2[C@H]2CC[C@@H]4[C@@]5(C)CC[C@H](OC(=O)[C@H]6C[C@@H](C(=O)O)C6(C)C)C(C)(C)[C@@H]5CC[C@@]4(C)[C@]2(C)CC3)CC1. The van der Waals surface area contributed by atoms with Crippen molar-refractivity contribution >= 4 is 17.8 Å². The molecule has 59 heavy (non-hydrogen) atoms. The van der Waals surface area contributed by atoms with Gasteiger partial charge in [-0.25, -0.2) is 0 Å². The summed E-state index contributed by atoms with van der Waals surface area (Å²) in [5.41, 5.74) is -0.0493. The first-order chi connectivity index (χ1) is 27.6. The first-order valence-corrected chi connectivity index (χ1v) is 24.2. The van der Waals surface area contributed by atoms with Gasteiger partial charge in [-0.3, -0.25) is 14.4 Å². The third-order valence-corrected chi connectivity index (χ3v) is 21.4. The summed E-state index contributed by atoms with van der Waals surface area (Å²) in [6, 6.07) is 0.358. The largest absolute Gasteiger partial charge is 0.481 e. The van der Waals surface area contributed by atoms with Crippen molar-refractivity contribution in [3.8, 4) is 0 Å². The number of amides is 1. The highest BCUT2D eigenvalue weighted by Gasteiger charge is 2.74. The Morgan fingerprint density at radius 1 is 0.712 bits per heavy atom. The summed E-state index contributed by atoms with van der Waals surface area (Å²) in [4.78, 5) is 43.3. The number of aryl methyl sites for hydroxylation is 1. The number of carbonyl (C=O) groups excluding carboxylic acids is 2. The Labute approximate surface area is 355 Å². The Morgan fingerprint density at radius 2 is 1.41 bits per heavy atom. The molecule has 1 aromatic heterocycles. The van der Waals surface area contributed by atoms with Crippen LogP contribution in [0.5, 0.6) is 0 Å². The molecular weight excluding hydrogens is 737 g/mol. The van der Waals surface area contributed by atoms with Crippen LogP contribution in [-0.4, -0.2) is 61.8 Å². The zero-order valence-electron chi connectivity index (χ0n) is 38.7. The van der Waals surface area contributed by atoms with Crippen molar-refractivity contribution in [1.82, 2.24) is 19.7 Å². The van der Waals surface area contributed by atoms with E-state index in [1.54, 1.807) is 0 Å². The standard InChI is InChI=1S/C50H78N4O5/c1-29(2)40-52-51-30(3)54(40)31-17-26-53(27-18-31)43(58)50-21-14-32(46(8)22-23-46)39(50)33-12-13-37-47(9)19-16-38(59-42(57)35-28-34(41(55)56)44(35,4)5)45(6,7)36(47)15-20-49(37,11)48(33,10)24-25-50/h29,31-39H,12-28H2,1-11H3,(H,55,56)/t32?,33-,34+,35-,36+,37-,38+,39-,47+,48-,49-,50+/m1/s1. The third-order valence-electron chi connectivity index (χ3n) is 21.4. The Morgan fingerprint density at radius 3 is 2.03 bits per heavy atom. The Bertz CT molecular complexity index is 1870. The number of likely N-dealkylation sites (tertiary alicyclic amines) is 1. The molecule has 8 fully saturated rings. The second kappa shape index (κ2) is 13.5. The predicted octanol–water partition coefficient (Wildman–Crippen LogP) is 10.4. The molecule has 7 aliphatic carbocycles. The van der Waals surface area contributed by atoms with Crippen molar-refractivity contribution in [2.75, 3.05) is 13.1 Å². The molecule has 7 saturated carbocycles. The lowest BCUT2D eigenvalue weighted by molar-refractivity contribution is -0.253. The minimum Gasteiger partial charge on any atom is -0.481 e. The molecule has 0 spiro atoms. The third kappa shape index (κ3) is 5.74. The van der Waals surface area contributed by atoms with Gasteiger partial charge < -0.3 is 19.3 Å². The molecule has 12 atom stereocenters. The summed E-state index contributed by atoms with van der Waals surface area (Å²) in [7, 11) is 0. The van der Waals surface area contributed by atoms with E-state index in [2.05, 4.69) is 82.0 Å². The zero-order chi connectivity index (χ0) is 42.5. The van der Waals surface area contributed by atoms with E-state index in [0.717, 1.165) is 76.1 Å². The summed E-state index contributed by atoms with van der Waals surface area (Å²) >= 11 is 0. The Kier molecular flexibility index (Phi) is 9.60. The fourth-order valence-electron chi connectivity index (χ4n) is 17.3. The first kappa shape index (κ1) is 41.9. The number of nitrogens with zero attached hydrogens (tertiary/aromatic N) is 4. The van der Waals surface area contributed by atoms with Crippen LogP contribution in [0.4, 0.5) is 0 Å². The molecule has 9 nitrogen and oxygen atoms in total. The lowest BCUT2D eigenvalue weighted by Gasteiger charge is -2.73. The predicted molar refractivity (Wildman–Crippen MR) is 228 cm³/mol. The zero-order valence-corrected chi connectivity index (χ0v) is 38.7. The molecule has 1 amide bonds. The number of piperidine rings is 1. The van der Waals surface area contributed by atoms with Crippen LogP contribution in [0.1, 0.15) is 189 Å². The second-order valence-electron chi connectivity index (χ2n) is 24.6. The van der Waals surface area contributed by atoms with Gasteiger partial charge in [-0.1, -0.05) is 69.2 Å². The lowest BCUT2D eigenvalue weighted by atomic mass is 9.32. The van der Waals surface area contributed by atoms with E-state index >= 15 is 4.79 Å². The van der Waals surface area contributed by atoms with Gasteiger partial charge in [0.2, 0.25) is 5.91 Å². The molecule has 1 N–H and O–H groups in total. The van der Waals surface area contributed by atoms with E-state index in [0.29, 0.717) is 59.3 Å². The van der Waals surface area contributed by atoms with Crippen molar-refractivity contribution in [1.29, 1.82) is 0 Å². The summed E-state index contributed by atoms with van der Waals surface area (Å²) in [5.74, 6) is 3.80. The summed E-state index contributed by atoms with van der Waals surface area (Å²) in [6.07, 6.45) is 16.1. The van der Waals surface area contributed by atoms with Crippen molar-refractivity contribution in [2.45, 2.75) is 191 Å². The molecule has 0 radical (unpaired) electrons. The molecule has 1 aliphatic heterocycles. The van der Waals surface area contributed by atoms with Gasteiger partial charge >= 0.3 is 11.9 Å². The number of hydrogen-bond donors (Lipinski definition) is 1. The van der Waals surface area contributed by atoms with Gasteiger partial charge in [-0.2, -0.15) is 0 Å². The van der Waals surface area contributed by atoms with E-state index in [-0.39, 0.29) is 45.1 Å². The maximum Gasteiger partial charge on any atom is 0.309 e. The summed E-state index contributed by atoms with van der Waals surface area (Å²) in [5, 5.41) is 18.7. The van der Waals surface area contributed by atoms with Crippen LogP contribution in [0.3, 0.4) is 0 Å². The maximum absolute atomic E-state index is 15.4. The fourth-order valence-corrected chi connectivity index (χ4v) is 17.3. The monoisotopic (exact) mass is 815 g/mol. The van der Waals surface area contributed by atoms with Crippen LogP contribution >= 0.6 is 0 Å². The van der Waals surface area contributed by atoms with E-state index in [1.165, 1.54) is 38.5 Å². The minimum atomic E-state index is -0.808. The van der Waals surface area contributed by atoms with Gasteiger partial charge in [0.05, 0.1) is 17.3 Å². The van der Waals surface area contributed by atoms with Gasteiger partial charge in [0.25, 0.3) is 0 Å². The number of esters is 1. The number of aromatic nitrogens is 3. The smallest absolute Gasteiger partial charge is 0.309 e. The molecular formula is C50H78N4O5. The van der Waals surface area contributed by atoms with Crippen LogP contribution in [0.2, 0.25) is 0 Å². The molecule has 328 valence electrons. The number of carboxylic acid groups (broad SMARTS) is 1. The lowest BCUT2D eigenvalue weighted by Crippen LogP contribution is -2.68.